The van der Waals surface area contributed by atoms with E-state index in [0.29, 0.717) is 23.7 Å². The number of hydrogen-bond donors (Lipinski definition) is 3. The Kier molecular flexibility index (Phi) is 5.02. The summed E-state index contributed by atoms with van der Waals surface area (Å²) < 4.78 is 19.6. The van der Waals surface area contributed by atoms with Gasteiger partial charge in [-0.3, -0.25) is 9.59 Å². The van der Waals surface area contributed by atoms with E-state index in [2.05, 4.69) is 16.0 Å². The van der Waals surface area contributed by atoms with Crippen molar-refractivity contribution < 1.29 is 18.7 Å². The van der Waals surface area contributed by atoms with E-state index in [0.717, 1.165) is 31.2 Å². The summed E-state index contributed by atoms with van der Waals surface area (Å²) in [6, 6.07) is 3.90. The van der Waals surface area contributed by atoms with Crippen LogP contribution in [0.4, 0.5) is 20.6 Å². The number of carbonyl (C=O) groups is 2. The molecular formula is C15H18FN3O3S. The minimum absolute atomic E-state index is 0.122. The lowest BCUT2D eigenvalue weighted by Crippen LogP contribution is -2.38. The molecule has 0 aliphatic carbocycles. The fourth-order valence-corrected chi connectivity index (χ4v) is 3.30. The molecule has 0 aromatic heterocycles. The molecule has 0 spiro atoms. The lowest BCUT2D eigenvalue weighted by Gasteiger charge is -2.14. The van der Waals surface area contributed by atoms with Gasteiger partial charge >= 0.3 is 0 Å². The van der Waals surface area contributed by atoms with E-state index < -0.39 is 11.9 Å². The third-order valence-corrected chi connectivity index (χ3v) is 4.65. The van der Waals surface area contributed by atoms with Crippen LogP contribution in [0.5, 0.6) is 0 Å². The highest BCUT2D eigenvalue weighted by molar-refractivity contribution is 8.14. The largest absolute Gasteiger partial charge is 0.380 e. The molecule has 1 aromatic rings. The molecule has 124 valence electrons. The third kappa shape index (κ3) is 4.14. The van der Waals surface area contributed by atoms with Gasteiger partial charge in [-0.25, -0.2) is 4.39 Å². The van der Waals surface area contributed by atoms with Crippen LogP contribution in [-0.4, -0.2) is 42.2 Å². The minimum Gasteiger partial charge on any atom is -0.380 e. The normalized spacial score (nSPS) is 23.6. The summed E-state index contributed by atoms with van der Waals surface area (Å²) in [5.41, 5.74) is 0.740. The minimum atomic E-state index is -0.576. The lowest BCUT2D eigenvalue weighted by atomic mass is 10.2. The SMILES string of the molecule is O=C1N[C@H](C(=O)Nc2ccc(NC[C@@H]3CCCO3)c(F)c2)CS1. The van der Waals surface area contributed by atoms with Crippen LogP contribution in [0.25, 0.3) is 0 Å². The highest BCUT2D eigenvalue weighted by atomic mass is 32.2. The second-order valence-corrected chi connectivity index (χ2v) is 6.49. The highest BCUT2D eigenvalue weighted by Crippen LogP contribution is 2.21. The molecule has 0 unspecified atom stereocenters. The van der Waals surface area contributed by atoms with Gasteiger partial charge in [-0.15, -0.1) is 0 Å². The van der Waals surface area contributed by atoms with E-state index in [-0.39, 0.29) is 17.3 Å². The Morgan fingerprint density at radius 1 is 1.48 bits per heavy atom. The molecule has 3 N–H and O–H groups in total. The predicted octanol–water partition coefficient (Wildman–Crippen LogP) is 2.18. The smallest absolute Gasteiger partial charge is 0.279 e. The van der Waals surface area contributed by atoms with E-state index in [1.807, 2.05) is 0 Å². The lowest BCUT2D eigenvalue weighted by molar-refractivity contribution is -0.117. The van der Waals surface area contributed by atoms with Crippen LogP contribution in [0.15, 0.2) is 18.2 Å². The molecule has 23 heavy (non-hydrogen) atoms. The fourth-order valence-electron chi connectivity index (χ4n) is 2.52. The Bertz CT molecular complexity index is 608. The number of ether oxygens (including phenoxy) is 1. The fraction of sp³-hybridized carbons (Fsp3) is 0.467. The van der Waals surface area contributed by atoms with E-state index in [1.54, 1.807) is 12.1 Å². The number of carbonyl (C=O) groups excluding carboxylic acids is 2. The van der Waals surface area contributed by atoms with Gasteiger partial charge < -0.3 is 20.7 Å². The first-order chi connectivity index (χ1) is 11.1. The standard InChI is InChI=1S/C15H18FN3O3S/c16-11-6-9(18-14(20)13-8-23-15(21)19-13)3-4-12(11)17-7-10-2-1-5-22-10/h3-4,6,10,13,17H,1-2,5,7-8H2,(H,18,20)(H,19,21)/t10-,13-/m0/s1. The summed E-state index contributed by atoms with van der Waals surface area (Å²) in [5, 5.41) is 7.96. The molecule has 2 atom stereocenters. The molecule has 2 aliphatic rings. The first kappa shape index (κ1) is 16.1. The zero-order valence-corrected chi connectivity index (χ0v) is 13.2. The topological polar surface area (TPSA) is 79.5 Å². The van der Waals surface area contributed by atoms with Crippen LogP contribution >= 0.6 is 11.8 Å². The molecule has 0 bridgehead atoms. The molecule has 2 aliphatic heterocycles. The molecule has 0 radical (unpaired) electrons. The van der Waals surface area contributed by atoms with Crippen LogP contribution in [0, 0.1) is 5.82 Å². The second kappa shape index (κ2) is 7.18. The molecule has 2 fully saturated rings. The van der Waals surface area contributed by atoms with Gasteiger partial charge in [0.25, 0.3) is 5.24 Å². The van der Waals surface area contributed by atoms with Crippen molar-refractivity contribution in [1.29, 1.82) is 0 Å². The molecule has 8 heteroatoms. The Hall–Kier alpha value is -1.80. The van der Waals surface area contributed by atoms with Crippen LogP contribution in [-0.2, 0) is 9.53 Å². The van der Waals surface area contributed by atoms with Gasteiger partial charge in [-0.2, -0.15) is 0 Å². The number of anilines is 2. The predicted molar refractivity (Wildman–Crippen MR) is 87.3 cm³/mol. The van der Waals surface area contributed by atoms with Gasteiger partial charge in [0.15, 0.2) is 0 Å². The monoisotopic (exact) mass is 339 g/mol. The van der Waals surface area contributed by atoms with Crippen LogP contribution < -0.4 is 16.0 Å². The summed E-state index contributed by atoms with van der Waals surface area (Å²) in [4.78, 5) is 23.0. The maximum atomic E-state index is 14.1. The van der Waals surface area contributed by atoms with Crippen LogP contribution in [0.2, 0.25) is 0 Å². The molecule has 6 nitrogen and oxygen atoms in total. The van der Waals surface area contributed by atoms with Crippen molar-refractivity contribution in [2.24, 2.45) is 0 Å². The number of amides is 2. The van der Waals surface area contributed by atoms with Crippen molar-refractivity contribution in [1.82, 2.24) is 5.32 Å². The van der Waals surface area contributed by atoms with Gasteiger partial charge in [-0.05, 0) is 31.0 Å². The van der Waals surface area contributed by atoms with Crippen molar-refractivity contribution in [2.75, 3.05) is 29.5 Å². The van der Waals surface area contributed by atoms with Gasteiger partial charge in [-0.1, -0.05) is 11.8 Å². The molecule has 2 heterocycles. The summed E-state index contributed by atoms with van der Waals surface area (Å²) >= 11 is 1.06. The van der Waals surface area contributed by atoms with Gasteiger partial charge in [0.2, 0.25) is 5.91 Å². The molecule has 2 saturated heterocycles. The molecular weight excluding hydrogens is 321 g/mol. The van der Waals surface area contributed by atoms with E-state index in [9.17, 15) is 14.0 Å². The van der Waals surface area contributed by atoms with E-state index >= 15 is 0 Å². The molecule has 2 amide bonds. The zero-order chi connectivity index (χ0) is 16.2. The number of nitrogens with one attached hydrogen (secondary N) is 3. The Balaban J connectivity index is 1.55. The average Bonchev–Trinajstić information content (AvgIpc) is 3.18. The summed E-state index contributed by atoms with van der Waals surface area (Å²) in [5.74, 6) is -0.401. The number of hydrogen-bond acceptors (Lipinski definition) is 5. The van der Waals surface area contributed by atoms with Crippen molar-refractivity contribution in [3.05, 3.63) is 24.0 Å². The molecule has 3 rings (SSSR count). The number of halogens is 1. The van der Waals surface area contributed by atoms with Crippen molar-refractivity contribution in [3.63, 3.8) is 0 Å². The molecule has 0 saturated carbocycles. The number of thioether (sulfide) groups is 1. The van der Waals surface area contributed by atoms with Gasteiger partial charge in [0.1, 0.15) is 11.9 Å². The average molecular weight is 339 g/mol. The van der Waals surface area contributed by atoms with Crippen molar-refractivity contribution in [3.8, 4) is 0 Å². The van der Waals surface area contributed by atoms with Gasteiger partial charge in [0.05, 0.1) is 11.8 Å². The Labute approximate surface area is 137 Å². The van der Waals surface area contributed by atoms with E-state index in [1.165, 1.54) is 6.07 Å². The van der Waals surface area contributed by atoms with Crippen LogP contribution in [0.3, 0.4) is 0 Å². The maximum Gasteiger partial charge on any atom is 0.279 e. The van der Waals surface area contributed by atoms with Gasteiger partial charge in [0, 0.05) is 24.6 Å². The number of rotatable bonds is 5. The highest BCUT2D eigenvalue weighted by Gasteiger charge is 2.28. The Morgan fingerprint density at radius 3 is 3.00 bits per heavy atom. The summed E-state index contributed by atoms with van der Waals surface area (Å²) in [6.45, 7) is 1.32. The first-order valence-electron chi connectivity index (χ1n) is 7.51. The quantitative estimate of drug-likeness (QED) is 0.766. The summed E-state index contributed by atoms with van der Waals surface area (Å²) in [7, 11) is 0. The maximum absolute atomic E-state index is 14.1. The number of benzene rings is 1. The third-order valence-electron chi connectivity index (χ3n) is 3.77. The summed E-state index contributed by atoms with van der Waals surface area (Å²) in [6.07, 6.45) is 2.14. The zero-order valence-electron chi connectivity index (χ0n) is 12.4. The van der Waals surface area contributed by atoms with Crippen LogP contribution in [0.1, 0.15) is 12.8 Å². The Morgan fingerprint density at radius 2 is 2.35 bits per heavy atom. The van der Waals surface area contributed by atoms with E-state index in [4.69, 9.17) is 4.74 Å². The van der Waals surface area contributed by atoms with Crippen molar-refractivity contribution >= 4 is 34.3 Å². The second-order valence-electron chi connectivity index (χ2n) is 5.50. The van der Waals surface area contributed by atoms with Crippen molar-refractivity contribution in [2.45, 2.75) is 25.0 Å². The molecule has 1 aromatic carbocycles. The first-order valence-corrected chi connectivity index (χ1v) is 8.49.